The molecule has 0 aliphatic heterocycles. The maximum Gasteiger partial charge on any atom is 0.304 e. The molecule has 0 bridgehead atoms. The molecule has 3 heteroatoms. The number of carboxylic acid groups (broad SMARTS) is 1. The van der Waals surface area contributed by atoms with Crippen LogP contribution in [0.3, 0.4) is 0 Å². The molecule has 0 spiro atoms. The van der Waals surface area contributed by atoms with Gasteiger partial charge in [0, 0.05) is 9.49 Å². The molecule has 0 heterocycles. The van der Waals surface area contributed by atoms with Crippen molar-refractivity contribution in [3.63, 3.8) is 0 Å². The lowest BCUT2D eigenvalue weighted by molar-refractivity contribution is -0.137. The first-order chi connectivity index (χ1) is 7.63. The Morgan fingerprint density at radius 3 is 2.75 bits per heavy atom. The number of halogens is 1. The predicted molar refractivity (Wildman–Crippen MR) is 72.1 cm³/mol. The van der Waals surface area contributed by atoms with Crippen molar-refractivity contribution in [2.24, 2.45) is 5.92 Å². The topological polar surface area (TPSA) is 37.3 Å². The summed E-state index contributed by atoms with van der Waals surface area (Å²) in [4.78, 5) is 10.7. The van der Waals surface area contributed by atoms with E-state index in [9.17, 15) is 4.79 Å². The molecule has 0 amide bonds. The van der Waals surface area contributed by atoms with E-state index in [-0.39, 0.29) is 12.3 Å². The van der Waals surface area contributed by atoms with Gasteiger partial charge in [-0.05, 0) is 47.6 Å². The summed E-state index contributed by atoms with van der Waals surface area (Å²) in [5, 5.41) is 8.79. The summed E-state index contributed by atoms with van der Waals surface area (Å²) in [7, 11) is 0. The van der Waals surface area contributed by atoms with Crippen LogP contribution in [0.25, 0.3) is 0 Å². The molecule has 0 fully saturated rings. The molecular weight excluding hydrogens is 315 g/mol. The molecule has 1 rings (SSSR count). The molecule has 84 valence electrons. The van der Waals surface area contributed by atoms with Crippen LogP contribution >= 0.6 is 22.6 Å². The summed E-state index contributed by atoms with van der Waals surface area (Å²) in [6.07, 6.45) is 0.804. The number of benzene rings is 1. The van der Waals surface area contributed by atoms with E-state index in [2.05, 4.69) is 34.4 Å². The Hall–Kier alpha value is -1.02. The standard InChI is InChI=1S/C13H13IO2/c1-2-5-10(9-13(15)16)8-11-6-3-4-7-12(11)14/h3-4,6-7,10H,8-9H2,1H3,(H,15,16). The van der Waals surface area contributed by atoms with E-state index in [1.807, 2.05) is 24.3 Å². The number of aliphatic carboxylic acids is 1. The Bertz CT molecular complexity index is 429. The van der Waals surface area contributed by atoms with Crippen LogP contribution in [0.4, 0.5) is 0 Å². The lowest BCUT2D eigenvalue weighted by Gasteiger charge is -2.09. The summed E-state index contributed by atoms with van der Waals surface area (Å²) in [6, 6.07) is 7.98. The van der Waals surface area contributed by atoms with Crippen molar-refractivity contribution in [1.82, 2.24) is 0 Å². The molecule has 2 nitrogen and oxygen atoms in total. The van der Waals surface area contributed by atoms with Gasteiger partial charge in [0.25, 0.3) is 0 Å². The molecule has 0 saturated carbocycles. The van der Waals surface area contributed by atoms with Crippen molar-refractivity contribution in [3.05, 3.63) is 33.4 Å². The Labute approximate surface area is 109 Å². The molecule has 0 aliphatic rings. The number of carbonyl (C=O) groups is 1. The molecule has 0 aliphatic carbocycles. The Kier molecular flexibility index (Phi) is 5.33. The van der Waals surface area contributed by atoms with E-state index in [1.165, 1.54) is 0 Å². The summed E-state index contributed by atoms with van der Waals surface area (Å²) >= 11 is 2.26. The highest BCUT2D eigenvalue weighted by atomic mass is 127. The third-order valence-electron chi connectivity index (χ3n) is 2.19. The minimum atomic E-state index is -0.793. The zero-order valence-corrected chi connectivity index (χ0v) is 11.2. The normalized spacial score (nSPS) is 11.4. The van der Waals surface area contributed by atoms with Crippen LogP contribution in [0, 0.1) is 21.3 Å². The third kappa shape index (κ3) is 4.23. The summed E-state index contributed by atoms with van der Waals surface area (Å²) < 4.78 is 1.16. The van der Waals surface area contributed by atoms with Crippen molar-refractivity contribution >= 4 is 28.6 Å². The molecule has 0 aromatic heterocycles. The average molecular weight is 328 g/mol. The zero-order valence-electron chi connectivity index (χ0n) is 9.03. The van der Waals surface area contributed by atoms with Crippen molar-refractivity contribution < 1.29 is 9.90 Å². The molecule has 16 heavy (non-hydrogen) atoms. The van der Waals surface area contributed by atoms with Gasteiger partial charge in [-0.15, -0.1) is 5.92 Å². The lowest BCUT2D eigenvalue weighted by atomic mass is 9.97. The highest BCUT2D eigenvalue weighted by molar-refractivity contribution is 14.1. The van der Waals surface area contributed by atoms with Gasteiger partial charge in [0.05, 0.1) is 6.42 Å². The first-order valence-corrected chi connectivity index (χ1v) is 6.09. The highest BCUT2D eigenvalue weighted by Crippen LogP contribution is 2.17. The van der Waals surface area contributed by atoms with E-state index in [1.54, 1.807) is 6.92 Å². The summed E-state index contributed by atoms with van der Waals surface area (Å²) in [6.45, 7) is 1.74. The smallest absolute Gasteiger partial charge is 0.304 e. The monoisotopic (exact) mass is 328 g/mol. The van der Waals surface area contributed by atoms with Gasteiger partial charge >= 0.3 is 5.97 Å². The van der Waals surface area contributed by atoms with E-state index in [0.29, 0.717) is 6.42 Å². The van der Waals surface area contributed by atoms with Gasteiger partial charge < -0.3 is 5.11 Å². The van der Waals surface area contributed by atoms with Gasteiger partial charge in [0.15, 0.2) is 0 Å². The minimum Gasteiger partial charge on any atom is -0.481 e. The lowest BCUT2D eigenvalue weighted by Crippen LogP contribution is -2.09. The van der Waals surface area contributed by atoms with Gasteiger partial charge in [-0.3, -0.25) is 4.79 Å². The second kappa shape index (κ2) is 6.54. The van der Waals surface area contributed by atoms with Crippen molar-refractivity contribution in [2.45, 2.75) is 19.8 Å². The van der Waals surface area contributed by atoms with E-state index < -0.39 is 5.97 Å². The quantitative estimate of drug-likeness (QED) is 0.682. The SMILES string of the molecule is CC#CC(CC(=O)O)Cc1ccccc1I. The van der Waals surface area contributed by atoms with Crippen LogP contribution in [0.15, 0.2) is 24.3 Å². The molecule has 1 atom stereocenters. The largest absolute Gasteiger partial charge is 0.481 e. The third-order valence-corrected chi connectivity index (χ3v) is 3.25. The Morgan fingerprint density at radius 1 is 1.50 bits per heavy atom. The van der Waals surface area contributed by atoms with Gasteiger partial charge in [0.2, 0.25) is 0 Å². The van der Waals surface area contributed by atoms with Gasteiger partial charge in [-0.1, -0.05) is 24.1 Å². The van der Waals surface area contributed by atoms with Crippen LogP contribution in [-0.2, 0) is 11.2 Å². The molecule has 1 N–H and O–H groups in total. The highest BCUT2D eigenvalue weighted by Gasteiger charge is 2.12. The first kappa shape index (κ1) is 13.0. The van der Waals surface area contributed by atoms with Crippen LogP contribution in [0.5, 0.6) is 0 Å². The Morgan fingerprint density at radius 2 is 2.19 bits per heavy atom. The van der Waals surface area contributed by atoms with Gasteiger partial charge in [-0.2, -0.15) is 0 Å². The molecule has 1 aromatic carbocycles. The molecular formula is C13H13IO2. The van der Waals surface area contributed by atoms with Crippen molar-refractivity contribution in [3.8, 4) is 11.8 Å². The zero-order chi connectivity index (χ0) is 12.0. The van der Waals surface area contributed by atoms with E-state index in [0.717, 1.165) is 9.13 Å². The van der Waals surface area contributed by atoms with Crippen LogP contribution in [0.1, 0.15) is 18.9 Å². The number of hydrogen-bond acceptors (Lipinski definition) is 1. The molecule has 1 aromatic rings. The summed E-state index contributed by atoms with van der Waals surface area (Å²) in [5.41, 5.74) is 1.16. The van der Waals surface area contributed by atoms with E-state index >= 15 is 0 Å². The number of carboxylic acids is 1. The van der Waals surface area contributed by atoms with Gasteiger partial charge in [-0.25, -0.2) is 0 Å². The summed E-state index contributed by atoms with van der Waals surface area (Å²) in [5.74, 6) is 4.86. The number of rotatable bonds is 4. The molecule has 0 radical (unpaired) electrons. The number of hydrogen-bond donors (Lipinski definition) is 1. The van der Waals surface area contributed by atoms with E-state index in [4.69, 9.17) is 5.11 Å². The first-order valence-electron chi connectivity index (χ1n) is 5.01. The average Bonchev–Trinajstić information content (AvgIpc) is 2.21. The van der Waals surface area contributed by atoms with Crippen molar-refractivity contribution in [2.75, 3.05) is 0 Å². The Balaban J connectivity index is 2.78. The second-order valence-electron chi connectivity index (χ2n) is 3.48. The fraction of sp³-hybridized carbons (Fsp3) is 0.308. The maximum absolute atomic E-state index is 10.7. The minimum absolute atomic E-state index is 0.0987. The van der Waals surface area contributed by atoms with Crippen LogP contribution in [0.2, 0.25) is 0 Å². The fourth-order valence-electron chi connectivity index (χ4n) is 1.52. The fourth-order valence-corrected chi connectivity index (χ4v) is 2.13. The molecule has 1 unspecified atom stereocenters. The molecule has 0 saturated heterocycles. The van der Waals surface area contributed by atoms with Crippen molar-refractivity contribution in [1.29, 1.82) is 0 Å². The van der Waals surface area contributed by atoms with Gasteiger partial charge in [0.1, 0.15) is 0 Å². The second-order valence-corrected chi connectivity index (χ2v) is 4.65. The van der Waals surface area contributed by atoms with Crippen LogP contribution in [-0.4, -0.2) is 11.1 Å². The predicted octanol–water partition coefficient (Wildman–Crippen LogP) is 2.95. The van der Waals surface area contributed by atoms with Crippen LogP contribution < -0.4 is 0 Å². The maximum atomic E-state index is 10.7.